The van der Waals surface area contributed by atoms with Gasteiger partial charge in [0.1, 0.15) is 0 Å². The van der Waals surface area contributed by atoms with E-state index in [4.69, 9.17) is 5.11 Å². The van der Waals surface area contributed by atoms with Crippen LogP contribution in [0.4, 0.5) is 0 Å². The smallest absolute Gasteiger partial charge is 0.336 e. The van der Waals surface area contributed by atoms with Gasteiger partial charge in [0.15, 0.2) is 0 Å². The molecule has 1 aromatic heterocycles. The highest BCUT2D eigenvalue weighted by Gasteiger charge is 2.14. The molecule has 0 saturated carbocycles. The fraction of sp³-hybridized carbons (Fsp3) is 0. The largest absolute Gasteiger partial charge is 0.478 e. The highest BCUT2D eigenvalue weighted by Crippen LogP contribution is 2.34. The van der Waals surface area contributed by atoms with Crippen LogP contribution in [-0.2, 0) is 0 Å². The number of rotatable bonds is 1. The lowest BCUT2D eigenvalue weighted by Gasteiger charge is -2.00. The first-order valence-corrected chi connectivity index (χ1v) is 6.14. The van der Waals surface area contributed by atoms with Crippen molar-refractivity contribution in [2.75, 3.05) is 0 Å². The predicted molar refractivity (Wildman–Crippen MR) is 68.8 cm³/mol. The Labute approximate surface area is 103 Å². The summed E-state index contributed by atoms with van der Waals surface area (Å²) < 4.78 is 1.91. The molecule has 0 atom stereocenters. The Kier molecular flexibility index (Phi) is 2.72. The van der Waals surface area contributed by atoms with Crippen LogP contribution in [0.2, 0.25) is 0 Å². The Morgan fingerprint density at radius 3 is 2.86 bits per heavy atom. The molecule has 2 nitrogen and oxygen atoms in total. The summed E-state index contributed by atoms with van der Waals surface area (Å²) in [6.07, 6.45) is 0. The maximum absolute atomic E-state index is 11.0. The van der Waals surface area contributed by atoms with Crippen LogP contribution in [0, 0.1) is 3.57 Å². The number of benzene rings is 1. The van der Waals surface area contributed by atoms with Crippen LogP contribution in [0.25, 0.3) is 10.1 Å². The first-order chi connectivity index (χ1) is 6.61. The molecule has 0 spiro atoms. The molecule has 0 fully saturated rings. The number of carboxylic acid groups (broad SMARTS) is 1. The standard InChI is InChI=1S/C9H5IO2S2/c10-5-3-14-8-6(13)2-1-4(7(5)8)9(11)12/h1-3,13H,(H,11,12). The van der Waals surface area contributed by atoms with Crippen molar-refractivity contribution in [1.82, 2.24) is 0 Å². The quantitative estimate of drug-likeness (QED) is 0.618. The van der Waals surface area contributed by atoms with E-state index in [2.05, 4.69) is 35.2 Å². The van der Waals surface area contributed by atoms with E-state index in [9.17, 15) is 4.79 Å². The summed E-state index contributed by atoms with van der Waals surface area (Å²) in [5, 5.41) is 11.7. The maximum Gasteiger partial charge on any atom is 0.336 e. The molecule has 0 amide bonds. The van der Waals surface area contributed by atoms with Crippen molar-refractivity contribution in [3.63, 3.8) is 0 Å². The van der Waals surface area contributed by atoms with Crippen molar-refractivity contribution in [2.24, 2.45) is 0 Å². The van der Waals surface area contributed by atoms with Gasteiger partial charge in [0.25, 0.3) is 0 Å². The fourth-order valence-corrected chi connectivity index (χ4v) is 3.61. The summed E-state index contributed by atoms with van der Waals surface area (Å²) in [5.41, 5.74) is 0.350. The van der Waals surface area contributed by atoms with Gasteiger partial charge in [-0.1, -0.05) is 0 Å². The van der Waals surface area contributed by atoms with Crippen molar-refractivity contribution >= 4 is 62.6 Å². The minimum Gasteiger partial charge on any atom is -0.478 e. The molecule has 0 aliphatic carbocycles. The van der Waals surface area contributed by atoms with E-state index in [-0.39, 0.29) is 0 Å². The van der Waals surface area contributed by atoms with E-state index < -0.39 is 5.97 Å². The summed E-state index contributed by atoms with van der Waals surface area (Å²) in [6.45, 7) is 0. The van der Waals surface area contributed by atoms with E-state index >= 15 is 0 Å². The van der Waals surface area contributed by atoms with E-state index in [1.165, 1.54) is 11.3 Å². The Balaban J connectivity index is 2.92. The lowest BCUT2D eigenvalue weighted by molar-refractivity contribution is 0.0699. The third kappa shape index (κ3) is 1.53. The molecule has 0 unspecified atom stereocenters. The first-order valence-electron chi connectivity index (χ1n) is 3.73. The number of thiophene rings is 1. The van der Waals surface area contributed by atoms with E-state index in [0.717, 1.165) is 18.6 Å². The van der Waals surface area contributed by atoms with Crippen LogP contribution in [0.1, 0.15) is 10.4 Å². The molecule has 1 N–H and O–H groups in total. The zero-order valence-corrected chi connectivity index (χ0v) is 10.7. The summed E-state index contributed by atoms with van der Waals surface area (Å²) >= 11 is 7.96. The molecule has 1 aromatic carbocycles. The van der Waals surface area contributed by atoms with Gasteiger partial charge in [-0.25, -0.2) is 4.79 Å². The fourth-order valence-electron chi connectivity index (χ4n) is 1.28. The lowest BCUT2D eigenvalue weighted by Crippen LogP contribution is -1.97. The molecular formula is C9H5IO2S2. The maximum atomic E-state index is 11.0. The zero-order chi connectivity index (χ0) is 10.3. The van der Waals surface area contributed by atoms with Crippen LogP contribution >= 0.6 is 46.6 Å². The Bertz CT molecular complexity index is 519. The summed E-state index contributed by atoms with van der Waals surface area (Å²) in [4.78, 5) is 11.8. The monoisotopic (exact) mass is 336 g/mol. The molecule has 0 saturated heterocycles. The van der Waals surface area contributed by atoms with Gasteiger partial charge < -0.3 is 5.11 Å². The lowest BCUT2D eigenvalue weighted by atomic mass is 10.1. The van der Waals surface area contributed by atoms with Gasteiger partial charge in [0.2, 0.25) is 0 Å². The highest BCUT2D eigenvalue weighted by atomic mass is 127. The number of halogens is 1. The molecule has 14 heavy (non-hydrogen) atoms. The number of hydrogen-bond acceptors (Lipinski definition) is 3. The molecule has 2 rings (SSSR count). The number of fused-ring (bicyclic) bond motifs is 1. The molecule has 72 valence electrons. The minimum atomic E-state index is -0.889. The van der Waals surface area contributed by atoms with Crippen molar-refractivity contribution in [3.05, 3.63) is 26.6 Å². The summed E-state index contributed by atoms with van der Waals surface area (Å²) in [6, 6.07) is 3.32. The van der Waals surface area contributed by atoms with Crippen LogP contribution in [0.15, 0.2) is 22.4 Å². The molecule has 2 aromatic rings. The van der Waals surface area contributed by atoms with Crippen molar-refractivity contribution < 1.29 is 9.90 Å². The number of hydrogen-bond donors (Lipinski definition) is 2. The Hall–Kier alpha value is -0.270. The average Bonchev–Trinajstić information content (AvgIpc) is 2.50. The van der Waals surface area contributed by atoms with Crippen LogP contribution in [0.5, 0.6) is 0 Å². The number of thiol groups is 1. The molecule has 5 heteroatoms. The van der Waals surface area contributed by atoms with Crippen molar-refractivity contribution in [1.29, 1.82) is 0 Å². The Morgan fingerprint density at radius 1 is 1.50 bits per heavy atom. The van der Waals surface area contributed by atoms with Crippen molar-refractivity contribution in [2.45, 2.75) is 4.90 Å². The van der Waals surface area contributed by atoms with Crippen LogP contribution in [0.3, 0.4) is 0 Å². The second-order valence-corrected chi connectivity index (χ2v) is 5.25. The molecule has 0 aliphatic rings. The van der Waals surface area contributed by atoms with Gasteiger partial charge in [0.05, 0.1) is 5.56 Å². The first kappa shape index (κ1) is 10.3. The second kappa shape index (κ2) is 3.71. The summed E-state index contributed by atoms with van der Waals surface area (Å²) in [7, 11) is 0. The second-order valence-electron chi connectivity index (χ2n) is 2.73. The normalized spacial score (nSPS) is 10.7. The molecule has 0 radical (unpaired) electrons. The van der Waals surface area contributed by atoms with E-state index in [1.54, 1.807) is 12.1 Å². The minimum absolute atomic E-state index is 0.350. The average molecular weight is 336 g/mol. The van der Waals surface area contributed by atoms with E-state index in [0.29, 0.717) is 5.56 Å². The van der Waals surface area contributed by atoms with Crippen molar-refractivity contribution in [3.8, 4) is 0 Å². The zero-order valence-electron chi connectivity index (χ0n) is 6.82. The number of aromatic carboxylic acids is 1. The van der Waals surface area contributed by atoms with Gasteiger partial charge in [-0.15, -0.1) is 24.0 Å². The van der Waals surface area contributed by atoms with Gasteiger partial charge in [-0.05, 0) is 34.7 Å². The predicted octanol–water partition coefficient (Wildman–Crippen LogP) is 3.49. The SMILES string of the molecule is O=C(O)c1ccc(S)c2scc(I)c12. The highest BCUT2D eigenvalue weighted by molar-refractivity contribution is 14.1. The summed E-state index contributed by atoms with van der Waals surface area (Å²) in [5.74, 6) is -0.889. The molecular weight excluding hydrogens is 331 g/mol. The molecule has 1 heterocycles. The van der Waals surface area contributed by atoms with Gasteiger partial charge in [-0.3, -0.25) is 0 Å². The topological polar surface area (TPSA) is 37.3 Å². The van der Waals surface area contributed by atoms with Gasteiger partial charge in [0, 0.05) is 23.9 Å². The van der Waals surface area contributed by atoms with Crippen LogP contribution in [-0.4, -0.2) is 11.1 Å². The third-order valence-corrected chi connectivity index (χ3v) is 4.70. The van der Waals surface area contributed by atoms with E-state index in [1.807, 2.05) is 5.38 Å². The van der Waals surface area contributed by atoms with Gasteiger partial charge >= 0.3 is 5.97 Å². The van der Waals surface area contributed by atoms with Crippen LogP contribution < -0.4 is 0 Å². The number of carbonyl (C=O) groups is 1. The Morgan fingerprint density at radius 2 is 2.21 bits per heavy atom. The molecule has 0 aliphatic heterocycles. The third-order valence-electron chi connectivity index (χ3n) is 1.89. The number of carboxylic acids is 1. The molecule has 0 bridgehead atoms. The van der Waals surface area contributed by atoms with Gasteiger partial charge in [-0.2, -0.15) is 0 Å².